The topological polar surface area (TPSA) is 79.0 Å². The highest BCUT2D eigenvalue weighted by atomic mass is 16.5. The minimum absolute atomic E-state index is 0.166. The van der Waals surface area contributed by atoms with Crippen molar-refractivity contribution in [2.24, 2.45) is 5.73 Å². The molecule has 1 aromatic rings. The number of likely N-dealkylation sites (N-methyl/N-ethyl adjacent to an activating group) is 1. The van der Waals surface area contributed by atoms with Gasteiger partial charge in [-0.1, -0.05) is 0 Å². The molecule has 0 radical (unpaired) electrons. The Hall–Kier alpha value is -1.46. The van der Waals surface area contributed by atoms with Gasteiger partial charge >= 0.3 is 0 Å². The Bertz CT molecular complexity index is 421. The van der Waals surface area contributed by atoms with E-state index >= 15 is 0 Å². The van der Waals surface area contributed by atoms with Gasteiger partial charge in [-0.2, -0.15) is 0 Å². The van der Waals surface area contributed by atoms with E-state index < -0.39 is 0 Å². The van der Waals surface area contributed by atoms with Crippen LogP contribution in [0.25, 0.3) is 0 Å². The lowest BCUT2D eigenvalue weighted by Crippen LogP contribution is -2.29. The van der Waals surface area contributed by atoms with Gasteiger partial charge in [0.25, 0.3) is 0 Å². The molecule has 1 aliphatic carbocycles. The van der Waals surface area contributed by atoms with E-state index in [4.69, 9.17) is 10.5 Å². The van der Waals surface area contributed by atoms with Gasteiger partial charge in [0.2, 0.25) is 0 Å². The Balaban J connectivity index is 1.88. The second-order valence-corrected chi connectivity index (χ2v) is 4.32. The number of fused-ring (bicyclic) bond motifs is 1. The van der Waals surface area contributed by atoms with Crippen LogP contribution in [0.15, 0.2) is 6.07 Å². The summed E-state index contributed by atoms with van der Waals surface area (Å²) < 4.78 is 5.46. The largest absolute Gasteiger partial charge is 0.508 e. The van der Waals surface area contributed by atoms with Gasteiger partial charge in [0.05, 0.1) is 0 Å². The van der Waals surface area contributed by atoms with Crippen LogP contribution in [0.2, 0.25) is 0 Å². The quantitative estimate of drug-likeness (QED) is 0.630. The van der Waals surface area contributed by atoms with Crippen LogP contribution in [0, 0.1) is 0 Å². The fourth-order valence-corrected chi connectivity index (χ4v) is 1.79. The number of nitrogens with zero attached hydrogens (tertiary/aromatic N) is 1. The molecule has 2 rings (SSSR count). The first-order valence-electron chi connectivity index (χ1n) is 5.71. The molecule has 0 atom stereocenters. The standard InChI is InChI=1S/C12H18N2O3/c1-14(3-2-13)4-5-17-11-7-10(15)8-6-9(8)12(11)16/h7,15-16H,2-6,13H2,1H3. The Labute approximate surface area is 100 Å². The second-order valence-electron chi connectivity index (χ2n) is 4.32. The first kappa shape index (κ1) is 12.0. The van der Waals surface area contributed by atoms with Gasteiger partial charge in [0.1, 0.15) is 12.4 Å². The highest BCUT2D eigenvalue weighted by Crippen LogP contribution is 2.48. The number of phenolic OH excluding ortho intramolecular Hbond substituents is 2. The number of rotatable bonds is 6. The van der Waals surface area contributed by atoms with E-state index in [1.54, 1.807) is 0 Å². The fraction of sp³-hybridized carbons (Fsp3) is 0.500. The monoisotopic (exact) mass is 238 g/mol. The van der Waals surface area contributed by atoms with Crippen LogP contribution in [0.1, 0.15) is 11.1 Å². The van der Waals surface area contributed by atoms with Gasteiger partial charge in [0, 0.05) is 43.2 Å². The normalized spacial score (nSPS) is 12.6. The molecular weight excluding hydrogens is 220 g/mol. The van der Waals surface area contributed by atoms with E-state index in [9.17, 15) is 10.2 Å². The van der Waals surface area contributed by atoms with Gasteiger partial charge < -0.3 is 25.6 Å². The third-order valence-electron chi connectivity index (χ3n) is 2.93. The molecule has 0 amide bonds. The van der Waals surface area contributed by atoms with Gasteiger partial charge in [-0.25, -0.2) is 0 Å². The van der Waals surface area contributed by atoms with Crippen molar-refractivity contribution in [1.29, 1.82) is 0 Å². The lowest BCUT2D eigenvalue weighted by atomic mass is 10.3. The summed E-state index contributed by atoms with van der Waals surface area (Å²) in [4.78, 5) is 2.05. The molecule has 0 aromatic heterocycles. The molecule has 4 N–H and O–H groups in total. The first-order chi connectivity index (χ1) is 8.13. The second kappa shape index (κ2) is 4.81. The third-order valence-corrected chi connectivity index (χ3v) is 2.93. The summed E-state index contributed by atoms with van der Waals surface area (Å²) in [7, 11) is 1.96. The maximum atomic E-state index is 9.77. The van der Waals surface area contributed by atoms with Crippen molar-refractivity contribution >= 4 is 0 Å². The lowest BCUT2D eigenvalue weighted by Gasteiger charge is -2.16. The Kier molecular flexibility index (Phi) is 3.40. The Morgan fingerprint density at radius 1 is 1.35 bits per heavy atom. The molecule has 0 spiro atoms. The molecule has 0 bridgehead atoms. The SMILES string of the molecule is CN(CCN)CCOc1cc(O)c2c(c1O)C2. The molecule has 0 heterocycles. The van der Waals surface area contributed by atoms with Crippen molar-refractivity contribution in [3.8, 4) is 17.2 Å². The summed E-state index contributed by atoms with van der Waals surface area (Å²) in [5.74, 6) is 0.738. The Morgan fingerprint density at radius 2 is 2.12 bits per heavy atom. The molecule has 17 heavy (non-hydrogen) atoms. The van der Waals surface area contributed by atoms with Crippen LogP contribution in [-0.2, 0) is 6.42 Å². The van der Waals surface area contributed by atoms with Crippen LogP contribution in [0.4, 0.5) is 0 Å². The summed E-state index contributed by atoms with van der Waals surface area (Å²) in [5, 5.41) is 19.3. The third kappa shape index (κ3) is 2.62. The predicted octanol–water partition coefficient (Wildman–Crippen LogP) is 0.271. The number of hydrogen-bond acceptors (Lipinski definition) is 5. The van der Waals surface area contributed by atoms with Crippen LogP contribution in [0.3, 0.4) is 0 Å². The van der Waals surface area contributed by atoms with Crippen molar-refractivity contribution < 1.29 is 14.9 Å². The van der Waals surface area contributed by atoms with Gasteiger partial charge in [-0.05, 0) is 7.05 Å². The fourth-order valence-electron chi connectivity index (χ4n) is 1.79. The molecule has 0 saturated heterocycles. The number of hydrogen-bond donors (Lipinski definition) is 3. The van der Waals surface area contributed by atoms with E-state index in [0.29, 0.717) is 25.3 Å². The van der Waals surface area contributed by atoms with Gasteiger partial charge in [-0.15, -0.1) is 0 Å². The predicted molar refractivity (Wildman–Crippen MR) is 64.6 cm³/mol. The number of phenols is 2. The molecule has 0 aliphatic heterocycles. The molecule has 94 valence electrons. The molecule has 0 saturated carbocycles. The smallest absolute Gasteiger partial charge is 0.164 e. The zero-order valence-corrected chi connectivity index (χ0v) is 9.94. The van der Waals surface area contributed by atoms with Crippen molar-refractivity contribution in [3.63, 3.8) is 0 Å². The molecule has 0 unspecified atom stereocenters. The van der Waals surface area contributed by atoms with E-state index in [-0.39, 0.29) is 11.5 Å². The Morgan fingerprint density at radius 3 is 2.82 bits per heavy atom. The number of aromatic hydroxyl groups is 2. The van der Waals surface area contributed by atoms with E-state index in [0.717, 1.165) is 24.2 Å². The zero-order valence-electron chi connectivity index (χ0n) is 9.94. The zero-order chi connectivity index (χ0) is 12.4. The van der Waals surface area contributed by atoms with E-state index in [1.165, 1.54) is 6.07 Å². The summed E-state index contributed by atoms with van der Waals surface area (Å²) in [6, 6.07) is 1.48. The minimum atomic E-state index is 0.166. The van der Waals surface area contributed by atoms with Crippen LogP contribution < -0.4 is 10.5 Å². The molecule has 1 aromatic carbocycles. The van der Waals surface area contributed by atoms with E-state index in [2.05, 4.69) is 0 Å². The molecule has 0 fully saturated rings. The average Bonchev–Trinajstić information content (AvgIpc) is 3.06. The van der Waals surface area contributed by atoms with Gasteiger partial charge in [0.15, 0.2) is 11.5 Å². The van der Waals surface area contributed by atoms with Crippen molar-refractivity contribution in [3.05, 3.63) is 17.2 Å². The van der Waals surface area contributed by atoms with Gasteiger partial charge in [-0.3, -0.25) is 0 Å². The van der Waals surface area contributed by atoms with Crippen molar-refractivity contribution in [2.75, 3.05) is 33.3 Å². The van der Waals surface area contributed by atoms with Crippen molar-refractivity contribution in [1.82, 2.24) is 4.90 Å². The van der Waals surface area contributed by atoms with E-state index in [1.807, 2.05) is 11.9 Å². The highest BCUT2D eigenvalue weighted by Gasteiger charge is 2.28. The van der Waals surface area contributed by atoms with Crippen LogP contribution in [0.5, 0.6) is 17.2 Å². The van der Waals surface area contributed by atoms with Crippen LogP contribution in [-0.4, -0.2) is 48.4 Å². The maximum Gasteiger partial charge on any atom is 0.164 e. The minimum Gasteiger partial charge on any atom is -0.508 e. The summed E-state index contributed by atoms with van der Waals surface area (Å²) in [6.07, 6.45) is 0.661. The molecule has 1 aliphatic rings. The summed E-state index contributed by atoms with van der Waals surface area (Å²) >= 11 is 0. The molecular formula is C12H18N2O3. The van der Waals surface area contributed by atoms with Crippen LogP contribution >= 0.6 is 0 Å². The summed E-state index contributed by atoms with van der Waals surface area (Å²) in [6.45, 7) is 2.61. The number of benzene rings is 1. The highest BCUT2D eigenvalue weighted by molar-refractivity contribution is 5.66. The average molecular weight is 238 g/mol. The lowest BCUT2D eigenvalue weighted by molar-refractivity contribution is 0.234. The van der Waals surface area contributed by atoms with Crippen molar-refractivity contribution in [2.45, 2.75) is 6.42 Å². The first-order valence-corrected chi connectivity index (χ1v) is 5.71. The molecule has 5 nitrogen and oxygen atoms in total. The number of nitrogens with two attached hydrogens (primary N) is 1. The maximum absolute atomic E-state index is 9.77. The summed E-state index contributed by atoms with van der Waals surface area (Å²) in [5.41, 5.74) is 7.06. The number of ether oxygens (including phenoxy) is 1. The molecule has 5 heteroatoms.